The van der Waals surface area contributed by atoms with E-state index in [-0.39, 0.29) is 5.41 Å². The molecular formula is C14H24O. The van der Waals surface area contributed by atoms with E-state index < -0.39 is 5.60 Å². The van der Waals surface area contributed by atoms with Crippen LogP contribution in [0.3, 0.4) is 0 Å². The third-order valence-electron chi connectivity index (χ3n) is 4.40. The summed E-state index contributed by atoms with van der Waals surface area (Å²) in [5.41, 5.74) is 1.13. The molecule has 2 aliphatic rings. The van der Waals surface area contributed by atoms with Crippen LogP contribution in [-0.4, -0.2) is 10.7 Å². The highest BCUT2D eigenvalue weighted by Gasteiger charge is 2.49. The molecule has 1 nitrogen and oxygen atoms in total. The van der Waals surface area contributed by atoms with Gasteiger partial charge in [-0.05, 0) is 43.4 Å². The Morgan fingerprint density at radius 2 is 2.00 bits per heavy atom. The Hall–Kier alpha value is -0.300. The predicted molar refractivity (Wildman–Crippen MR) is 63.6 cm³/mol. The minimum atomic E-state index is -0.417. The number of hydrogen-bond acceptors (Lipinski definition) is 1. The SMILES string of the molecule is CC1=CC(C)(C)[C@@H]2CC[C@@H](C)C[C@@]2(O)C1. The van der Waals surface area contributed by atoms with Crippen molar-refractivity contribution in [1.29, 1.82) is 0 Å². The highest BCUT2D eigenvalue weighted by atomic mass is 16.3. The summed E-state index contributed by atoms with van der Waals surface area (Å²) in [4.78, 5) is 0. The van der Waals surface area contributed by atoms with Gasteiger partial charge < -0.3 is 5.11 Å². The van der Waals surface area contributed by atoms with Crippen LogP contribution in [0.25, 0.3) is 0 Å². The van der Waals surface area contributed by atoms with E-state index in [9.17, 15) is 5.11 Å². The van der Waals surface area contributed by atoms with Crippen LogP contribution in [0.2, 0.25) is 0 Å². The van der Waals surface area contributed by atoms with Gasteiger partial charge in [0.2, 0.25) is 0 Å². The van der Waals surface area contributed by atoms with Crippen molar-refractivity contribution in [2.75, 3.05) is 0 Å². The van der Waals surface area contributed by atoms with Gasteiger partial charge in [-0.1, -0.05) is 38.8 Å². The molecule has 0 bridgehead atoms. The largest absolute Gasteiger partial charge is 0.389 e. The first-order valence-corrected chi connectivity index (χ1v) is 6.24. The van der Waals surface area contributed by atoms with Gasteiger partial charge in [0.25, 0.3) is 0 Å². The molecule has 3 atom stereocenters. The Labute approximate surface area is 93.6 Å². The zero-order valence-corrected chi connectivity index (χ0v) is 10.5. The first-order valence-electron chi connectivity index (χ1n) is 6.24. The average molecular weight is 208 g/mol. The highest BCUT2D eigenvalue weighted by Crippen LogP contribution is 2.52. The van der Waals surface area contributed by atoms with Crippen molar-refractivity contribution >= 4 is 0 Å². The first-order chi connectivity index (χ1) is 6.83. The third-order valence-corrected chi connectivity index (χ3v) is 4.40. The summed E-state index contributed by atoms with van der Waals surface area (Å²) < 4.78 is 0. The number of fused-ring (bicyclic) bond motifs is 1. The molecule has 0 unspecified atom stereocenters. The maximum Gasteiger partial charge on any atom is 0.0723 e. The Morgan fingerprint density at radius 3 is 2.67 bits per heavy atom. The lowest BCUT2D eigenvalue weighted by Crippen LogP contribution is -2.51. The summed E-state index contributed by atoms with van der Waals surface area (Å²) in [5, 5.41) is 10.8. The van der Waals surface area contributed by atoms with Crippen molar-refractivity contribution in [2.45, 2.75) is 59.0 Å². The molecule has 0 heterocycles. The van der Waals surface area contributed by atoms with Crippen molar-refractivity contribution in [2.24, 2.45) is 17.3 Å². The molecule has 0 amide bonds. The van der Waals surface area contributed by atoms with Crippen molar-refractivity contribution in [3.05, 3.63) is 11.6 Å². The van der Waals surface area contributed by atoms with Crippen molar-refractivity contribution in [3.63, 3.8) is 0 Å². The molecule has 86 valence electrons. The van der Waals surface area contributed by atoms with Gasteiger partial charge in [-0.25, -0.2) is 0 Å². The second-order valence-corrected chi connectivity index (χ2v) is 6.53. The standard InChI is InChI=1S/C14H24O/c1-10-5-6-12-13(3,4)7-11(2)9-14(12,15)8-10/h7,10,12,15H,5-6,8-9H2,1-4H3/t10-,12+,14-/m1/s1. The third kappa shape index (κ3) is 1.87. The molecule has 1 saturated carbocycles. The number of rotatable bonds is 0. The van der Waals surface area contributed by atoms with E-state index in [1.54, 1.807) is 0 Å². The molecule has 0 aromatic carbocycles. The summed E-state index contributed by atoms with van der Waals surface area (Å²) in [6.07, 6.45) is 6.73. The van der Waals surface area contributed by atoms with Gasteiger partial charge in [0, 0.05) is 0 Å². The topological polar surface area (TPSA) is 20.2 Å². The van der Waals surface area contributed by atoms with E-state index in [1.165, 1.54) is 18.4 Å². The van der Waals surface area contributed by atoms with Crippen LogP contribution in [-0.2, 0) is 0 Å². The summed E-state index contributed by atoms with van der Waals surface area (Å²) >= 11 is 0. The maximum absolute atomic E-state index is 10.8. The lowest BCUT2D eigenvalue weighted by atomic mass is 9.56. The Morgan fingerprint density at radius 1 is 1.33 bits per heavy atom. The van der Waals surface area contributed by atoms with E-state index in [4.69, 9.17) is 0 Å². The first kappa shape index (κ1) is 11.2. The Kier molecular flexibility index (Phi) is 2.50. The predicted octanol–water partition coefficient (Wildman–Crippen LogP) is 3.53. The summed E-state index contributed by atoms with van der Waals surface area (Å²) in [6, 6.07) is 0. The Bertz CT molecular complexity index is 290. The van der Waals surface area contributed by atoms with E-state index >= 15 is 0 Å². The van der Waals surface area contributed by atoms with Crippen LogP contribution in [0, 0.1) is 17.3 Å². The van der Waals surface area contributed by atoms with E-state index in [0.717, 1.165) is 12.8 Å². The van der Waals surface area contributed by atoms with Gasteiger partial charge in [0.1, 0.15) is 0 Å². The van der Waals surface area contributed by atoms with Gasteiger partial charge >= 0.3 is 0 Å². The van der Waals surface area contributed by atoms with Gasteiger partial charge in [-0.15, -0.1) is 0 Å². The molecule has 0 aromatic heterocycles. The second-order valence-electron chi connectivity index (χ2n) is 6.53. The molecule has 2 aliphatic carbocycles. The van der Waals surface area contributed by atoms with Crippen LogP contribution in [0.5, 0.6) is 0 Å². The molecule has 0 radical (unpaired) electrons. The zero-order chi connectivity index (χ0) is 11.3. The lowest BCUT2D eigenvalue weighted by molar-refractivity contribution is -0.102. The van der Waals surface area contributed by atoms with Crippen LogP contribution in [0.15, 0.2) is 11.6 Å². The van der Waals surface area contributed by atoms with Crippen molar-refractivity contribution < 1.29 is 5.11 Å². The van der Waals surface area contributed by atoms with Crippen molar-refractivity contribution in [3.8, 4) is 0 Å². The van der Waals surface area contributed by atoms with Gasteiger partial charge in [0.15, 0.2) is 0 Å². The molecule has 15 heavy (non-hydrogen) atoms. The summed E-state index contributed by atoms with van der Waals surface area (Å²) in [7, 11) is 0. The van der Waals surface area contributed by atoms with E-state index in [0.29, 0.717) is 11.8 Å². The Balaban J connectivity index is 2.34. The van der Waals surface area contributed by atoms with Crippen molar-refractivity contribution in [1.82, 2.24) is 0 Å². The average Bonchev–Trinajstić information content (AvgIpc) is 1.97. The summed E-state index contributed by atoms with van der Waals surface area (Å²) in [6.45, 7) is 8.99. The number of allylic oxidation sites excluding steroid dienone is 1. The fourth-order valence-corrected chi connectivity index (χ4v) is 4.10. The van der Waals surface area contributed by atoms with E-state index in [2.05, 4.69) is 33.8 Å². The smallest absolute Gasteiger partial charge is 0.0723 e. The second kappa shape index (κ2) is 3.35. The maximum atomic E-state index is 10.8. The number of aliphatic hydroxyl groups is 1. The van der Waals surface area contributed by atoms with Gasteiger partial charge in [-0.2, -0.15) is 0 Å². The molecule has 0 spiro atoms. The molecule has 0 aliphatic heterocycles. The van der Waals surface area contributed by atoms with Crippen LogP contribution < -0.4 is 0 Å². The summed E-state index contributed by atoms with van der Waals surface area (Å²) in [5.74, 6) is 1.15. The van der Waals surface area contributed by atoms with Crippen LogP contribution >= 0.6 is 0 Å². The normalized spacial score (nSPS) is 44.5. The van der Waals surface area contributed by atoms with Gasteiger partial charge in [0.05, 0.1) is 5.60 Å². The lowest BCUT2D eigenvalue weighted by Gasteiger charge is -2.52. The van der Waals surface area contributed by atoms with Crippen LogP contribution in [0.4, 0.5) is 0 Å². The number of hydrogen-bond donors (Lipinski definition) is 1. The minimum Gasteiger partial charge on any atom is -0.389 e. The van der Waals surface area contributed by atoms with E-state index in [1.807, 2.05) is 0 Å². The minimum absolute atomic E-state index is 0.178. The van der Waals surface area contributed by atoms with Gasteiger partial charge in [-0.3, -0.25) is 0 Å². The quantitative estimate of drug-likeness (QED) is 0.604. The zero-order valence-electron chi connectivity index (χ0n) is 10.5. The molecule has 0 aromatic rings. The monoisotopic (exact) mass is 208 g/mol. The molecule has 0 saturated heterocycles. The molecular weight excluding hydrogens is 184 g/mol. The molecule has 1 heteroatoms. The molecule has 1 N–H and O–H groups in total. The highest BCUT2D eigenvalue weighted by molar-refractivity contribution is 5.19. The fourth-order valence-electron chi connectivity index (χ4n) is 4.10. The van der Waals surface area contributed by atoms with Crippen LogP contribution in [0.1, 0.15) is 53.4 Å². The fraction of sp³-hybridized carbons (Fsp3) is 0.857. The molecule has 2 rings (SSSR count). The molecule has 1 fully saturated rings.